The molecule has 8 heteroatoms. The molecule has 0 saturated carbocycles. The molecule has 8 nitrogen and oxygen atoms in total. The number of carbonyl (C=O) groups excluding carboxylic acids is 1. The molecule has 2 aromatic carbocycles. The van der Waals surface area contributed by atoms with Gasteiger partial charge in [0.1, 0.15) is 12.4 Å². The Morgan fingerprint density at radius 2 is 2.06 bits per heavy atom. The summed E-state index contributed by atoms with van der Waals surface area (Å²) in [6.07, 6.45) is 5.84. The molecule has 1 aromatic heterocycles. The topological polar surface area (TPSA) is 105 Å². The number of nitrogens with two attached hydrogens (primary N) is 1. The number of amides is 2. The molecule has 0 bridgehead atoms. The van der Waals surface area contributed by atoms with Crippen LogP contribution in [-0.2, 0) is 4.74 Å². The zero-order valence-corrected chi connectivity index (χ0v) is 18.8. The summed E-state index contributed by atoms with van der Waals surface area (Å²) >= 11 is 0. The fraction of sp³-hybridized carbons (Fsp3) is 0.231. The second-order valence-corrected chi connectivity index (χ2v) is 8.25. The van der Waals surface area contributed by atoms with Gasteiger partial charge in [0.25, 0.3) is 0 Å². The van der Waals surface area contributed by atoms with Crippen LogP contribution in [0.15, 0.2) is 59.7 Å². The quantitative estimate of drug-likeness (QED) is 0.496. The van der Waals surface area contributed by atoms with E-state index in [1.54, 1.807) is 6.07 Å². The predicted molar refractivity (Wildman–Crippen MR) is 135 cm³/mol. The molecule has 4 N–H and O–H groups in total. The highest BCUT2D eigenvalue weighted by molar-refractivity contribution is 6.21. The Morgan fingerprint density at radius 3 is 2.91 bits per heavy atom. The van der Waals surface area contributed by atoms with Crippen molar-refractivity contribution in [3.05, 3.63) is 66.0 Å². The van der Waals surface area contributed by atoms with Gasteiger partial charge in [-0.25, -0.2) is 4.79 Å². The Kier molecular flexibility index (Phi) is 6.42. The number of fused-ring (bicyclic) bond motifs is 1. The lowest BCUT2D eigenvalue weighted by Gasteiger charge is -2.26. The minimum Gasteiger partial charge on any atom is -0.492 e. The van der Waals surface area contributed by atoms with Crippen molar-refractivity contribution < 1.29 is 14.3 Å². The van der Waals surface area contributed by atoms with Crippen molar-refractivity contribution in [1.82, 2.24) is 9.88 Å². The molecule has 174 valence electrons. The van der Waals surface area contributed by atoms with E-state index in [9.17, 15) is 4.79 Å². The number of benzene rings is 2. The first kappa shape index (κ1) is 21.9. The van der Waals surface area contributed by atoms with Gasteiger partial charge < -0.3 is 25.5 Å². The minimum atomic E-state index is -0.592. The van der Waals surface area contributed by atoms with Gasteiger partial charge in [0.2, 0.25) is 0 Å². The molecule has 1 saturated heterocycles. The molecule has 3 heterocycles. The third kappa shape index (κ3) is 5.19. The van der Waals surface area contributed by atoms with Crippen LogP contribution in [0.2, 0.25) is 0 Å². The molecular formula is C26H27N5O3. The summed E-state index contributed by atoms with van der Waals surface area (Å²) in [6, 6.07) is 15.2. The molecule has 0 spiro atoms. The number of carbonyl (C=O) groups is 1. The number of aromatic amines is 1. The first-order chi connectivity index (χ1) is 16.6. The van der Waals surface area contributed by atoms with Gasteiger partial charge >= 0.3 is 6.03 Å². The van der Waals surface area contributed by atoms with E-state index in [1.165, 1.54) is 0 Å². The average molecular weight is 458 g/mol. The highest BCUT2D eigenvalue weighted by atomic mass is 16.5. The number of aliphatic imine (C=N–C) groups is 1. The molecule has 34 heavy (non-hydrogen) atoms. The molecule has 2 amide bonds. The highest BCUT2D eigenvalue weighted by Crippen LogP contribution is 2.35. The summed E-state index contributed by atoms with van der Waals surface area (Å²) in [4.78, 5) is 21.3. The number of allylic oxidation sites excluding steroid dienone is 1. The van der Waals surface area contributed by atoms with Crippen LogP contribution in [0.25, 0.3) is 22.8 Å². The summed E-state index contributed by atoms with van der Waals surface area (Å²) in [5.41, 5.74) is 11.7. The van der Waals surface area contributed by atoms with E-state index in [4.69, 9.17) is 15.2 Å². The summed E-state index contributed by atoms with van der Waals surface area (Å²) in [6.45, 7) is 5.06. The Balaban J connectivity index is 1.27. The number of nitrogens with one attached hydrogen (secondary N) is 2. The largest absolute Gasteiger partial charge is 0.492 e. The molecule has 5 rings (SSSR count). The Hall–Kier alpha value is -3.88. The van der Waals surface area contributed by atoms with Crippen LogP contribution in [0.1, 0.15) is 11.3 Å². The number of aromatic nitrogens is 1. The van der Waals surface area contributed by atoms with E-state index in [2.05, 4.69) is 38.4 Å². The standard InChI is InChI=1S/C26H27N5O3/c27-26(32)30-21-4-5-25-24(15-21)20(17-29-25)13-22-12-19(16-28-22)18-2-1-3-23(14-18)34-11-8-31-6-9-33-10-7-31/h1-5,12-17,28H,6-11H2,(H3,27,30,32). The van der Waals surface area contributed by atoms with Crippen LogP contribution in [0.4, 0.5) is 16.2 Å². The van der Waals surface area contributed by atoms with E-state index in [-0.39, 0.29) is 0 Å². The Labute approximate surface area is 198 Å². The van der Waals surface area contributed by atoms with Crippen LogP contribution in [-0.4, -0.2) is 61.6 Å². The lowest BCUT2D eigenvalue weighted by Crippen LogP contribution is -2.38. The Bertz CT molecular complexity index is 1240. The van der Waals surface area contributed by atoms with E-state index < -0.39 is 6.03 Å². The van der Waals surface area contributed by atoms with Gasteiger partial charge in [-0.15, -0.1) is 0 Å². The van der Waals surface area contributed by atoms with Gasteiger partial charge in [0, 0.05) is 54.6 Å². The third-order valence-electron chi connectivity index (χ3n) is 5.88. The SMILES string of the molecule is NC(=O)Nc1ccc2c(c1)C(=Cc1cc(-c3cccc(OCCN4CCOCC4)c3)c[nH]1)C=N2. The monoisotopic (exact) mass is 457 g/mol. The van der Waals surface area contributed by atoms with E-state index in [0.29, 0.717) is 12.3 Å². The predicted octanol–water partition coefficient (Wildman–Crippen LogP) is 4.14. The Morgan fingerprint density at radius 1 is 1.18 bits per heavy atom. The molecule has 0 unspecified atom stereocenters. The van der Waals surface area contributed by atoms with Crippen LogP contribution in [0.5, 0.6) is 5.75 Å². The van der Waals surface area contributed by atoms with E-state index in [1.807, 2.05) is 42.8 Å². The number of urea groups is 1. The van der Waals surface area contributed by atoms with Crippen molar-refractivity contribution in [2.75, 3.05) is 44.8 Å². The number of ether oxygens (including phenoxy) is 2. The molecular weight excluding hydrogens is 430 g/mol. The highest BCUT2D eigenvalue weighted by Gasteiger charge is 2.14. The van der Waals surface area contributed by atoms with Crippen molar-refractivity contribution >= 4 is 35.3 Å². The zero-order chi connectivity index (χ0) is 23.3. The number of anilines is 1. The third-order valence-corrected chi connectivity index (χ3v) is 5.88. The number of rotatable bonds is 7. The first-order valence-corrected chi connectivity index (χ1v) is 11.3. The normalized spacial score (nSPS) is 16.5. The van der Waals surface area contributed by atoms with Crippen LogP contribution < -0.4 is 15.8 Å². The maximum atomic E-state index is 11.2. The number of hydrogen-bond donors (Lipinski definition) is 3. The first-order valence-electron chi connectivity index (χ1n) is 11.3. The maximum absolute atomic E-state index is 11.2. The van der Waals surface area contributed by atoms with Gasteiger partial charge in [0.15, 0.2) is 0 Å². The summed E-state index contributed by atoms with van der Waals surface area (Å²) < 4.78 is 11.4. The number of primary amides is 1. The van der Waals surface area contributed by atoms with Gasteiger partial charge in [-0.3, -0.25) is 9.89 Å². The fourth-order valence-corrected chi connectivity index (χ4v) is 4.14. The average Bonchev–Trinajstić information content (AvgIpc) is 3.47. The summed E-state index contributed by atoms with van der Waals surface area (Å²) in [5.74, 6) is 0.859. The zero-order valence-electron chi connectivity index (χ0n) is 18.8. The molecule has 2 aliphatic heterocycles. The van der Waals surface area contributed by atoms with Crippen molar-refractivity contribution in [3.63, 3.8) is 0 Å². The van der Waals surface area contributed by atoms with Crippen LogP contribution >= 0.6 is 0 Å². The van der Waals surface area contributed by atoms with E-state index in [0.717, 1.165) is 72.2 Å². The van der Waals surface area contributed by atoms with Gasteiger partial charge in [0.05, 0.1) is 18.9 Å². The van der Waals surface area contributed by atoms with Gasteiger partial charge in [-0.05, 0) is 53.6 Å². The molecule has 2 aliphatic rings. The van der Waals surface area contributed by atoms with Crippen molar-refractivity contribution in [2.45, 2.75) is 0 Å². The summed E-state index contributed by atoms with van der Waals surface area (Å²) in [7, 11) is 0. The number of hydrogen-bond acceptors (Lipinski definition) is 5. The number of morpholine rings is 1. The summed E-state index contributed by atoms with van der Waals surface area (Å²) in [5, 5.41) is 2.61. The fourth-order valence-electron chi connectivity index (χ4n) is 4.14. The van der Waals surface area contributed by atoms with Crippen molar-refractivity contribution in [2.24, 2.45) is 10.7 Å². The van der Waals surface area contributed by atoms with Gasteiger partial charge in [-0.1, -0.05) is 12.1 Å². The molecule has 0 atom stereocenters. The number of H-pyrrole nitrogens is 1. The molecule has 3 aromatic rings. The van der Waals surface area contributed by atoms with Crippen LogP contribution in [0, 0.1) is 0 Å². The molecule has 1 fully saturated rings. The van der Waals surface area contributed by atoms with Crippen molar-refractivity contribution in [1.29, 1.82) is 0 Å². The maximum Gasteiger partial charge on any atom is 0.316 e. The second-order valence-electron chi connectivity index (χ2n) is 8.25. The second kappa shape index (κ2) is 9.94. The van der Waals surface area contributed by atoms with Gasteiger partial charge in [-0.2, -0.15) is 0 Å². The number of nitrogens with zero attached hydrogens (tertiary/aromatic N) is 2. The minimum absolute atomic E-state index is 0.592. The lowest BCUT2D eigenvalue weighted by molar-refractivity contribution is 0.0322. The van der Waals surface area contributed by atoms with Crippen molar-refractivity contribution in [3.8, 4) is 16.9 Å². The smallest absolute Gasteiger partial charge is 0.316 e. The molecule has 0 radical (unpaired) electrons. The van der Waals surface area contributed by atoms with Crippen LogP contribution in [0.3, 0.4) is 0 Å². The van der Waals surface area contributed by atoms with E-state index >= 15 is 0 Å². The molecule has 0 aliphatic carbocycles. The lowest BCUT2D eigenvalue weighted by atomic mass is 10.0.